The Kier molecular flexibility index (Phi) is 4.62. The zero-order valence-electron chi connectivity index (χ0n) is 12.6. The van der Waals surface area contributed by atoms with E-state index in [2.05, 4.69) is 18.3 Å². The van der Waals surface area contributed by atoms with Gasteiger partial charge in [0.25, 0.3) is 0 Å². The lowest BCUT2D eigenvalue weighted by Gasteiger charge is -2.26. The minimum atomic E-state index is -0.0446. The predicted molar refractivity (Wildman–Crippen MR) is 78.8 cm³/mol. The first kappa shape index (κ1) is 14.5. The molecule has 0 aliphatic heterocycles. The summed E-state index contributed by atoms with van der Waals surface area (Å²) in [6, 6.07) is 3.92. The van der Waals surface area contributed by atoms with E-state index in [4.69, 9.17) is 0 Å². The van der Waals surface area contributed by atoms with Gasteiger partial charge in [-0.1, -0.05) is 25.8 Å². The first-order valence-corrected chi connectivity index (χ1v) is 7.50. The maximum atomic E-state index is 14.3. The van der Waals surface area contributed by atoms with Gasteiger partial charge >= 0.3 is 0 Å². The van der Waals surface area contributed by atoms with E-state index in [1.54, 1.807) is 6.07 Å². The first-order chi connectivity index (χ1) is 9.06. The molecule has 106 valence electrons. The Morgan fingerprint density at radius 3 is 2.58 bits per heavy atom. The molecule has 1 saturated carbocycles. The van der Waals surface area contributed by atoms with Gasteiger partial charge in [0, 0.05) is 11.6 Å². The summed E-state index contributed by atoms with van der Waals surface area (Å²) in [4.78, 5) is 0. The molecule has 1 aromatic carbocycles. The first-order valence-electron chi connectivity index (χ1n) is 7.50. The minimum absolute atomic E-state index is 0.0446. The molecule has 3 atom stereocenters. The van der Waals surface area contributed by atoms with Gasteiger partial charge in [0.05, 0.1) is 0 Å². The molecule has 1 fully saturated rings. The number of rotatable bonds is 4. The Labute approximate surface area is 116 Å². The Morgan fingerprint density at radius 2 is 2.05 bits per heavy atom. The zero-order valence-corrected chi connectivity index (χ0v) is 12.6. The molecule has 0 spiro atoms. The molecule has 0 saturated heterocycles. The summed E-state index contributed by atoms with van der Waals surface area (Å²) in [5.41, 5.74) is 2.97. The zero-order chi connectivity index (χ0) is 14.0. The smallest absolute Gasteiger partial charge is 0.128 e. The molecule has 1 N–H and O–H groups in total. The van der Waals surface area contributed by atoms with E-state index in [0.717, 1.165) is 22.6 Å². The van der Waals surface area contributed by atoms with Gasteiger partial charge in [-0.2, -0.15) is 0 Å². The second kappa shape index (κ2) is 6.04. The number of hydrogen-bond acceptors (Lipinski definition) is 1. The number of nitrogens with one attached hydrogen (secondary N) is 1. The molecule has 2 rings (SSSR count). The molecule has 1 aromatic rings. The van der Waals surface area contributed by atoms with Gasteiger partial charge in [0.1, 0.15) is 5.82 Å². The van der Waals surface area contributed by atoms with Crippen molar-refractivity contribution in [2.24, 2.45) is 11.8 Å². The highest BCUT2D eigenvalue weighted by molar-refractivity contribution is 5.35. The Balaban J connectivity index is 2.28. The molecule has 1 nitrogen and oxygen atoms in total. The van der Waals surface area contributed by atoms with Crippen molar-refractivity contribution < 1.29 is 4.39 Å². The molecular weight excluding hydrogens is 237 g/mol. The standard InChI is InChI=1S/C17H26FN/c1-5-13-6-7-14(10-13)17(19-4)16-12(3)8-11(2)9-15(16)18/h8-9,13-14,17,19H,5-7,10H2,1-4H3. The normalized spacial score (nSPS) is 24.7. The maximum Gasteiger partial charge on any atom is 0.128 e. The number of benzene rings is 1. The largest absolute Gasteiger partial charge is 0.313 e. The van der Waals surface area contributed by atoms with Crippen molar-refractivity contribution >= 4 is 0 Å². The number of hydrogen-bond donors (Lipinski definition) is 1. The summed E-state index contributed by atoms with van der Waals surface area (Å²) < 4.78 is 14.3. The summed E-state index contributed by atoms with van der Waals surface area (Å²) in [5.74, 6) is 1.36. The van der Waals surface area contributed by atoms with Crippen molar-refractivity contribution in [3.05, 3.63) is 34.6 Å². The van der Waals surface area contributed by atoms with Crippen LogP contribution < -0.4 is 5.32 Å². The van der Waals surface area contributed by atoms with E-state index in [1.165, 1.54) is 25.7 Å². The third kappa shape index (κ3) is 3.00. The summed E-state index contributed by atoms with van der Waals surface area (Å²) in [7, 11) is 1.96. The molecule has 0 heterocycles. The Hall–Kier alpha value is -0.890. The Morgan fingerprint density at radius 1 is 1.32 bits per heavy atom. The highest BCUT2D eigenvalue weighted by Crippen LogP contribution is 2.41. The molecule has 1 aliphatic rings. The van der Waals surface area contributed by atoms with Crippen molar-refractivity contribution in [1.29, 1.82) is 0 Å². The van der Waals surface area contributed by atoms with Gasteiger partial charge in [-0.15, -0.1) is 0 Å². The van der Waals surface area contributed by atoms with E-state index in [1.807, 2.05) is 20.9 Å². The van der Waals surface area contributed by atoms with Crippen LogP contribution in [0.3, 0.4) is 0 Å². The molecule has 19 heavy (non-hydrogen) atoms. The van der Waals surface area contributed by atoms with Gasteiger partial charge in [0.2, 0.25) is 0 Å². The highest BCUT2D eigenvalue weighted by Gasteiger charge is 2.32. The van der Waals surface area contributed by atoms with Gasteiger partial charge in [-0.25, -0.2) is 4.39 Å². The summed E-state index contributed by atoms with van der Waals surface area (Å²) in [6.45, 7) is 6.25. The summed E-state index contributed by atoms with van der Waals surface area (Å²) >= 11 is 0. The third-order valence-corrected chi connectivity index (χ3v) is 4.73. The molecule has 2 heteroatoms. The lowest BCUT2D eigenvalue weighted by atomic mass is 9.87. The van der Waals surface area contributed by atoms with Crippen LogP contribution in [0.4, 0.5) is 4.39 Å². The molecule has 3 unspecified atom stereocenters. The number of aryl methyl sites for hydroxylation is 2. The molecule has 0 amide bonds. The lowest BCUT2D eigenvalue weighted by molar-refractivity contribution is 0.361. The van der Waals surface area contributed by atoms with Gasteiger partial charge < -0.3 is 5.32 Å². The monoisotopic (exact) mass is 263 g/mol. The van der Waals surface area contributed by atoms with Gasteiger partial charge in [-0.05, 0) is 62.8 Å². The summed E-state index contributed by atoms with van der Waals surface area (Å²) in [6.07, 6.45) is 5.00. The second-order valence-corrected chi connectivity index (χ2v) is 6.09. The topological polar surface area (TPSA) is 12.0 Å². The second-order valence-electron chi connectivity index (χ2n) is 6.09. The molecule has 0 aromatic heterocycles. The van der Waals surface area contributed by atoms with E-state index in [-0.39, 0.29) is 11.9 Å². The van der Waals surface area contributed by atoms with Crippen LogP contribution in [0.5, 0.6) is 0 Å². The van der Waals surface area contributed by atoms with Crippen LogP contribution in [-0.4, -0.2) is 7.05 Å². The minimum Gasteiger partial charge on any atom is -0.313 e. The molecular formula is C17H26FN. The van der Waals surface area contributed by atoms with Crippen LogP contribution >= 0.6 is 0 Å². The fourth-order valence-corrected chi connectivity index (χ4v) is 3.72. The predicted octanol–water partition coefficient (Wildman–Crippen LogP) is 4.53. The van der Waals surface area contributed by atoms with Crippen LogP contribution in [0, 0.1) is 31.5 Å². The van der Waals surface area contributed by atoms with E-state index >= 15 is 0 Å². The van der Waals surface area contributed by atoms with Crippen LogP contribution in [0.1, 0.15) is 55.3 Å². The third-order valence-electron chi connectivity index (χ3n) is 4.73. The van der Waals surface area contributed by atoms with Crippen molar-refractivity contribution in [3.8, 4) is 0 Å². The average Bonchev–Trinajstić information content (AvgIpc) is 2.81. The molecule has 0 bridgehead atoms. The quantitative estimate of drug-likeness (QED) is 0.841. The van der Waals surface area contributed by atoms with Crippen molar-refractivity contribution in [3.63, 3.8) is 0 Å². The molecule has 1 aliphatic carbocycles. The Bertz CT molecular complexity index is 418. The van der Waals surface area contributed by atoms with E-state index in [0.29, 0.717) is 5.92 Å². The van der Waals surface area contributed by atoms with E-state index < -0.39 is 0 Å². The van der Waals surface area contributed by atoms with Crippen molar-refractivity contribution in [2.45, 2.75) is 52.5 Å². The van der Waals surface area contributed by atoms with Crippen molar-refractivity contribution in [2.75, 3.05) is 7.05 Å². The highest BCUT2D eigenvalue weighted by atomic mass is 19.1. The summed E-state index contributed by atoms with van der Waals surface area (Å²) in [5, 5.41) is 3.37. The van der Waals surface area contributed by atoms with Crippen LogP contribution in [0.2, 0.25) is 0 Å². The van der Waals surface area contributed by atoms with Crippen LogP contribution in [0.15, 0.2) is 12.1 Å². The lowest BCUT2D eigenvalue weighted by Crippen LogP contribution is -2.26. The van der Waals surface area contributed by atoms with E-state index in [9.17, 15) is 4.39 Å². The SMILES string of the molecule is CCC1CCC(C(NC)c2c(C)cc(C)cc2F)C1. The molecule has 0 radical (unpaired) electrons. The number of halogens is 1. The van der Waals surface area contributed by atoms with Gasteiger partial charge in [-0.3, -0.25) is 0 Å². The van der Waals surface area contributed by atoms with Gasteiger partial charge in [0.15, 0.2) is 0 Å². The fraction of sp³-hybridized carbons (Fsp3) is 0.647. The maximum absolute atomic E-state index is 14.3. The van der Waals surface area contributed by atoms with Crippen molar-refractivity contribution in [1.82, 2.24) is 5.32 Å². The average molecular weight is 263 g/mol. The van der Waals surface area contributed by atoms with Crippen LogP contribution in [0.25, 0.3) is 0 Å². The van der Waals surface area contributed by atoms with Crippen LogP contribution in [-0.2, 0) is 0 Å². The fourth-order valence-electron chi connectivity index (χ4n) is 3.72.